The van der Waals surface area contributed by atoms with Crippen LogP contribution in [0.25, 0.3) is 0 Å². The van der Waals surface area contributed by atoms with E-state index in [2.05, 4.69) is 13.8 Å². The summed E-state index contributed by atoms with van der Waals surface area (Å²) in [5, 5.41) is 0. The minimum Gasteiger partial charge on any atom is -0.489 e. The molecule has 0 atom stereocenters. The second kappa shape index (κ2) is 7.77. The highest BCUT2D eigenvalue weighted by Crippen LogP contribution is 2.15. The first-order valence-corrected chi connectivity index (χ1v) is 6.62. The molecule has 1 aromatic rings. The number of ether oxygens (including phenoxy) is 1. The molecule has 19 heavy (non-hydrogen) atoms. The van der Waals surface area contributed by atoms with Gasteiger partial charge in [0.15, 0.2) is 11.6 Å². The second-order valence-corrected chi connectivity index (χ2v) is 5.03. The normalized spacial score (nSPS) is 10.6. The molecule has 0 aromatic heterocycles. The van der Waals surface area contributed by atoms with E-state index in [0.717, 1.165) is 6.42 Å². The van der Waals surface area contributed by atoms with Crippen molar-refractivity contribution in [2.45, 2.75) is 26.7 Å². The van der Waals surface area contributed by atoms with E-state index in [9.17, 15) is 9.18 Å². The average molecular weight is 267 g/mol. The van der Waals surface area contributed by atoms with E-state index in [0.29, 0.717) is 25.5 Å². The predicted octanol–water partition coefficient (Wildman–Crippen LogP) is 3.10. The van der Waals surface area contributed by atoms with Crippen molar-refractivity contribution in [2.24, 2.45) is 5.92 Å². The summed E-state index contributed by atoms with van der Waals surface area (Å²) in [6.45, 7) is 4.94. The van der Waals surface area contributed by atoms with Gasteiger partial charge < -0.3 is 9.64 Å². The molecule has 0 unspecified atom stereocenters. The highest BCUT2D eigenvalue weighted by Gasteiger charge is 2.10. The molecule has 0 spiro atoms. The van der Waals surface area contributed by atoms with Crippen molar-refractivity contribution >= 4 is 5.91 Å². The van der Waals surface area contributed by atoms with Crippen molar-refractivity contribution in [3.05, 3.63) is 30.1 Å². The van der Waals surface area contributed by atoms with Gasteiger partial charge in [0.05, 0.1) is 6.54 Å². The van der Waals surface area contributed by atoms with Gasteiger partial charge in [0, 0.05) is 13.5 Å². The lowest BCUT2D eigenvalue weighted by Crippen LogP contribution is -2.30. The number of halogens is 1. The van der Waals surface area contributed by atoms with Crippen molar-refractivity contribution in [3.8, 4) is 5.75 Å². The topological polar surface area (TPSA) is 29.5 Å². The van der Waals surface area contributed by atoms with Crippen LogP contribution < -0.4 is 4.74 Å². The standard InChI is InChI=1S/C15H22FNO2/c1-12(2)8-9-15(18)17(3)10-11-19-14-7-5-4-6-13(14)16/h4-7,12H,8-11H2,1-3H3. The summed E-state index contributed by atoms with van der Waals surface area (Å²) in [6, 6.07) is 6.27. The molecule has 106 valence electrons. The zero-order chi connectivity index (χ0) is 14.3. The third-order valence-corrected chi connectivity index (χ3v) is 2.88. The lowest BCUT2D eigenvalue weighted by atomic mass is 10.1. The highest BCUT2D eigenvalue weighted by atomic mass is 19.1. The van der Waals surface area contributed by atoms with Crippen molar-refractivity contribution < 1.29 is 13.9 Å². The summed E-state index contributed by atoms with van der Waals surface area (Å²) >= 11 is 0. The van der Waals surface area contributed by atoms with Gasteiger partial charge >= 0.3 is 0 Å². The third-order valence-electron chi connectivity index (χ3n) is 2.88. The van der Waals surface area contributed by atoms with Crippen molar-refractivity contribution in [2.75, 3.05) is 20.2 Å². The van der Waals surface area contributed by atoms with Gasteiger partial charge in [-0.25, -0.2) is 4.39 Å². The van der Waals surface area contributed by atoms with Gasteiger partial charge in [-0.05, 0) is 24.5 Å². The molecule has 0 aliphatic carbocycles. The lowest BCUT2D eigenvalue weighted by molar-refractivity contribution is -0.130. The number of carbonyl (C=O) groups is 1. The van der Waals surface area contributed by atoms with Crippen molar-refractivity contribution in [1.82, 2.24) is 4.90 Å². The van der Waals surface area contributed by atoms with Gasteiger partial charge in [0.1, 0.15) is 6.61 Å². The Balaban J connectivity index is 2.29. The Morgan fingerprint density at radius 3 is 2.68 bits per heavy atom. The number of benzene rings is 1. The van der Waals surface area contributed by atoms with Crippen molar-refractivity contribution in [3.63, 3.8) is 0 Å². The molecule has 0 aliphatic heterocycles. The van der Waals surface area contributed by atoms with Gasteiger partial charge in [-0.15, -0.1) is 0 Å². The molecule has 0 radical (unpaired) electrons. The third kappa shape index (κ3) is 5.73. The Hall–Kier alpha value is -1.58. The molecule has 0 fully saturated rings. The van der Waals surface area contributed by atoms with Gasteiger partial charge in [-0.1, -0.05) is 26.0 Å². The maximum Gasteiger partial charge on any atom is 0.222 e. The molecule has 1 rings (SSSR count). The molecule has 3 nitrogen and oxygen atoms in total. The van der Waals surface area contributed by atoms with Crippen LogP contribution >= 0.6 is 0 Å². The van der Waals surface area contributed by atoms with Crippen LogP contribution in [0.3, 0.4) is 0 Å². The summed E-state index contributed by atoms with van der Waals surface area (Å²) < 4.78 is 18.6. The fraction of sp³-hybridized carbons (Fsp3) is 0.533. The first-order valence-electron chi connectivity index (χ1n) is 6.62. The maximum absolute atomic E-state index is 13.3. The fourth-order valence-electron chi connectivity index (χ4n) is 1.58. The highest BCUT2D eigenvalue weighted by molar-refractivity contribution is 5.75. The first-order chi connectivity index (χ1) is 9.00. The lowest BCUT2D eigenvalue weighted by Gasteiger charge is -2.18. The minimum absolute atomic E-state index is 0.103. The summed E-state index contributed by atoms with van der Waals surface area (Å²) in [4.78, 5) is 13.4. The molecule has 1 amide bonds. The molecular weight excluding hydrogens is 245 g/mol. The van der Waals surface area contributed by atoms with Crippen molar-refractivity contribution in [1.29, 1.82) is 0 Å². The molecule has 0 saturated carbocycles. The molecule has 1 aromatic carbocycles. The largest absolute Gasteiger partial charge is 0.489 e. The number of para-hydroxylation sites is 1. The smallest absolute Gasteiger partial charge is 0.222 e. The summed E-state index contributed by atoms with van der Waals surface area (Å²) in [5.74, 6) is 0.472. The zero-order valence-corrected chi connectivity index (χ0v) is 11.9. The number of amides is 1. The van der Waals surface area contributed by atoms with Crippen LogP contribution in [-0.2, 0) is 4.79 Å². The Morgan fingerprint density at radius 1 is 1.37 bits per heavy atom. The average Bonchev–Trinajstić information content (AvgIpc) is 2.38. The van der Waals surface area contributed by atoms with E-state index in [1.54, 1.807) is 30.1 Å². The van der Waals surface area contributed by atoms with Crippen LogP contribution in [-0.4, -0.2) is 31.0 Å². The Kier molecular flexibility index (Phi) is 6.33. The van der Waals surface area contributed by atoms with Crippen LogP contribution in [0.15, 0.2) is 24.3 Å². The van der Waals surface area contributed by atoms with Crippen LogP contribution in [0.4, 0.5) is 4.39 Å². The second-order valence-electron chi connectivity index (χ2n) is 5.03. The van der Waals surface area contributed by atoms with Crippen LogP contribution in [0.1, 0.15) is 26.7 Å². The molecule has 0 heterocycles. The number of hydrogen-bond acceptors (Lipinski definition) is 2. The maximum atomic E-state index is 13.3. The molecule has 0 aliphatic rings. The van der Waals surface area contributed by atoms with E-state index in [1.807, 2.05) is 0 Å². The molecule has 4 heteroatoms. The number of likely N-dealkylation sites (N-methyl/N-ethyl adjacent to an activating group) is 1. The van der Waals surface area contributed by atoms with Gasteiger partial charge in [-0.3, -0.25) is 4.79 Å². The molecule has 0 saturated heterocycles. The molecule has 0 bridgehead atoms. The Morgan fingerprint density at radius 2 is 2.05 bits per heavy atom. The van der Waals surface area contributed by atoms with Gasteiger partial charge in [0.2, 0.25) is 5.91 Å². The monoisotopic (exact) mass is 267 g/mol. The predicted molar refractivity (Wildman–Crippen MR) is 73.6 cm³/mol. The molecular formula is C15H22FNO2. The van der Waals surface area contributed by atoms with E-state index >= 15 is 0 Å². The zero-order valence-electron chi connectivity index (χ0n) is 11.9. The Labute approximate surface area is 114 Å². The van der Waals surface area contributed by atoms with Crippen LogP contribution in [0.5, 0.6) is 5.75 Å². The van der Waals surface area contributed by atoms with Gasteiger partial charge in [0.25, 0.3) is 0 Å². The van der Waals surface area contributed by atoms with Gasteiger partial charge in [-0.2, -0.15) is 0 Å². The van der Waals surface area contributed by atoms with E-state index < -0.39 is 0 Å². The number of hydrogen-bond donors (Lipinski definition) is 0. The minimum atomic E-state index is -0.378. The van der Waals surface area contributed by atoms with E-state index in [1.165, 1.54) is 6.07 Å². The summed E-state index contributed by atoms with van der Waals surface area (Å²) in [7, 11) is 1.74. The van der Waals surface area contributed by atoms with E-state index in [-0.39, 0.29) is 17.5 Å². The summed E-state index contributed by atoms with van der Waals surface area (Å²) in [6.07, 6.45) is 1.44. The SMILES string of the molecule is CC(C)CCC(=O)N(C)CCOc1ccccc1F. The quantitative estimate of drug-likeness (QED) is 0.759. The van der Waals surface area contributed by atoms with E-state index in [4.69, 9.17) is 4.74 Å². The first kappa shape index (κ1) is 15.5. The number of rotatable bonds is 7. The molecule has 0 N–H and O–H groups in total. The number of nitrogens with zero attached hydrogens (tertiary/aromatic N) is 1. The Bertz CT molecular complexity index is 407. The summed E-state index contributed by atoms with van der Waals surface area (Å²) in [5.41, 5.74) is 0. The fourth-order valence-corrected chi connectivity index (χ4v) is 1.58. The van der Waals surface area contributed by atoms with Crippen LogP contribution in [0.2, 0.25) is 0 Å². The van der Waals surface area contributed by atoms with Crippen LogP contribution in [0, 0.1) is 11.7 Å². The number of carbonyl (C=O) groups excluding carboxylic acids is 1.